The standard InChI is InChI=1S/C20H23N5O3S/c1-29(27,28)24-10-8-16(9-11-24)20(26)22-13-15-6-7-19(21-12-15)25-14-23-17-4-2-3-5-18(17)25/h2-7,12,14,16H,8-11,13H2,1H3,(H,22,26). The Kier molecular flexibility index (Phi) is 5.33. The number of fused-ring (bicyclic) bond motifs is 1. The zero-order valence-corrected chi connectivity index (χ0v) is 17.0. The molecule has 0 saturated carbocycles. The molecule has 2 aromatic heterocycles. The van der Waals surface area contributed by atoms with Gasteiger partial charge in [0.1, 0.15) is 12.1 Å². The zero-order chi connectivity index (χ0) is 20.4. The summed E-state index contributed by atoms with van der Waals surface area (Å²) in [6.07, 6.45) is 5.79. The van der Waals surface area contributed by atoms with Crippen molar-refractivity contribution < 1.29 is 13.2 Å². The Bertz CT molecular complexity index is 1120. The summed E-state index contributed by atoms with van der Waals surface area (Å²) in [5.74, 6) is 0.572. The SMILES string of the molecule is CS(=O)(=O)N1CCC(C(=O)NCc2ccc(-n3cnc4ccccc43)nc2)CC1. The molecule has 0 aliphatic carbocycles. The Morgan fingerprint density at radius 1 is 1.14 bits per heavy atom. The smallest absolute Gasteiger partial charge is 0.223 e. The number of carbonyl (C=O) groups is 1. The summed E-state index contributed by atoms with van der Waals surface area (Å²) in [4.78, 5) is 21.3. The zero-order valence-electron chi connectivity index (χ0n) is 16.2. The number of aromatic nitrogens is 3. The minimum absolute atomic E-state index is 0.0390. The Morgan fingerprint density at radius 2 is 1.90 bits per heavy atom. The van der Waals surface area contributed by atoms with Crippen molar-refractivity contribution in [3.05, 3.63) is 54.5 Å². The maximum Gasteiger partial charge on any atom is 0.223 e. The van der Waals surface area contributed by atoms with Gasteiger partial charge in [0.05, 0.1) is 17.3 Å². The average Bonchev–Trinajstić information content (AvgIpc) is 3.16. The predicted octanol–water partition coefficient (Wildman–Crippen LogP) is 1.71. The van der Waals surface area contributed by atoms with E-state index in [1.165, 1.54) is 10.6 Å². The average molecular weight is 414 g/mol. The lowest BCUT2D eigenvalue weighted by atomic mass is 9.97. The minimum atomic E-state index is -3.18. The number of para-hydroxylation sites is 2. The van der Waals surface area contributed by atoms with E-state index in [1.807, 2.05) is 41.0 Å². The van der Waals surface area contributed by atoms with Crippen LogP contribution in [0.2, 0.25) is 0 Å². The van der Waals surface area contributed by atoms with E-state index in [-0.39, 0.29) is 11.8 Å². The molecule has 1 aliphatic rings. The number of nitrogens with zero attached hydrogens (tertiary/aromatic N) is 4. The molecule has 0 radical (unpaired) electrons. The van der Waals surface area contributed by atoms with Gasteiger partial charge >= 0.3 is 0 Å². The second-order valence-electron chi connectivity index (χ2n) is 7.28. The van der Waals surface area contributed by atoms with Gasteiger partial charge in [0, 0.05) is 31.7 Å². The fourth-order valence-electron chi connectivity index (χ4n) is 3.59. The predicted molar refractivity (Wildman–Crippen MR) is 110 cm³/mol. The van der Waals surface area contributed by atoms with E-state index >= 15 is 0 Å². The van der Waals surface area contributed by atoms with Crippen LogP contribution in [-0.4, -0.2) is 52.5 Å². The van der Waals surface area contributed by atoms with Gasteiger partial charge in [-0.2, -0.15) is 0 Å². The molecular formula is C20H23N5O3S. The molecule has 152 valence electrons. The van der Waals surface area contributed by atoms with Crippen molar-refractivity contribution in [3.8, 4) is 5.82 Å². The number of hydrogen-bond acceptors (Lipinski definition) is 5. The molecule has 4 rings (SSSR count). The van der Waals surface area contributed by atoms with E-state index in [9.17, 15) is 13.2 Å². The lowest BCUT2D eigenvalue weighted by Gasteiger charge is -2.29. The molecule has 1 aromatic carbocycles. The van der Waals surface area contributed by atoms with E-state index in [4.69, 9.17) is 0 Å². The summed E-state index contributed by atoms with van der Waals surface area (Å²) in [5, 5.41) is 2.94. The quantitative estimate of drug-likeness (QED) is 0.687. The molecule has 29 heavy (non-hydrogen) atoms. The number of rotatable bonds is 5. The number of hydrogen-bond donors (Lipinski definition) is 1. The Labute approximate surface area is 169 Å². The second kappa shape index (κ2) is 7.92. The Morgan fingerprint density at radius 3 is 2.59 bits per heavy atom. The number of nitrogens with one attached hydrogen (secondary N) is 1. The molecule has 0 unspecified atom stereocenters. The number of carbonyl (C=O) groups excluding carboxylic acids is 1. The van der Waals surface area contributed by atoms with Crippen LogP contribution in [0.5, 0.6) is 0 Å². The van der Waals surface area contributed by atoms with Gasteiger partial charge in [-0.1, -0.05) is 18.2 Å². The van der Waals surface area contributed by atoms with Crippen molar-refractivity contribution in [2.45, 2.75) is 19.4 Å². The Balaban J connectivity index is 1.34. The number of benzene rings is 1. The molecule has 1 N–H and O–H groups in total. The van der Waals surface area contributed by atoms with Crippen LogP contribution in [0.3, 0.4) is 0 Å². The van der Waals surface area contributed by atoms with Crippen molar-refractivity contribution in [1.29, 1.82) is 0 Å². The van der Waals surface area contributed by atoms with Crippen LogP contribution in [-0.2, 0) is 21.4 Å². The number of sulfonamides is 1. The van der Waals surface area contributed by atoms with Crippen molar-refractivity contribution in [2.24, 2.45) is 5.92 Å². The van der Waals surface area contributed by atoms with Crippen molar-refractivity contribution >= 4 is 27.0 Å². The first kappa shape index (κ1) is 19.5. The second-order valence-corrected chi connectivity index (χ2v) is 9.26. The molecular weight excluding hydrogens is 390 g/mol. The van der Waals surface area contributed by atoms with Crippen molar-refractivity contribution in [1.82, 2.24) is 24.2 Å². The number of amides is 1. The highest BCUT2D eigenvalue weighted by molar-refractivity contribution is 7.88. The van der Waals surface area contributed by atoms with Gasteiger partial charge in [-0.05, 0) is 36.6 Å². The van der Waals surface area contributed by atoms with Crippen LogP contribution < -0.4 is 5.32 Å². The normalized spacial score (nSPS) is 16.2. The lowest BCUT2D eigenvalue weighted by molar-refractivity contribution is -0.126. The summed E-state index contributed by atoms with van der Waals surface area (Å²) in [6.45, 7) is 1.18. The third kappa shape index (κ3) is 4.30. The van der Waals surface area contributed by atoms with E-state index in [0.29, 0.717) is 32.5 Å². The van der Waals surface area contributed by atoms with E-state index in [1.54, 1.807) is 12.5 Å². The number of pyridine rings is 1. The maximum absolute atomic E-state index is 12.4. The van der Waals surface area contributed by atoms with Gasteiger partial charge in [0.25, 0.3) is 0 Å². The highest BCUT2D eigenvalue weighted by Gasteiger charge is 2.28. The largest absolute Gasteiger partial charge is 0.352 e. The van der Waals surface area contributed by atoms with Crippen LogP contribution in [0.1, 0.15) is 18.4 Å². The Hall–Kier alpha value is -2.78. The van der Waals surface area contributed by atoms with Crippen molar-refractivity contribution in [3.63, 3.8) is 0 Å². The van der Waals surface area contributed by atoms with E-state index in [2.05, 4.69) is 15.3 Å². The molecule has 1 aliphatic heterocycles. The van der Waals surface area contributed by atoms with Gasteiger partial charge in [-0.25, -0.2) is 22.7 Å². The first-order valence-corrected chi connectivity index (χ1v) is 11.4. The van der Waals surface area contributed by atoms with Gasteiger partial charge in [0.15, 0.2) is 0 Å². The van der Waals surface area contributed by atoms with Crippen LogP contribution in [0, 0.1) is 5.92 Å². The van der Waals surface area contributed by atoms with E-state index in [0.717, 1.165) is 22.4 Å². The van der Waals surface area contributed by atoms with Gasteiger partial charge in [0.2, 0.25) is 15.9 Å². The minimum Gasteiger partial charge on any atom is -0.352 e. The van der Waals surface area contributed by atoms with Gasteiger partial charge < -0.3 is 5.32 Å². The molecule has 8 nitrogen and oxygen atoms in total. The van der Waals surface area contributed by atoms with Crippen LogP contribution in [0.25, 0.3) is 16.9 Å². The van der Waals surface area contributed by atoms with E-state index < -0.39 is 10.0 Å². The molecule has 1 fully saturated rings. The van der Waals surface area contributed by atoms with Crippen LogP contribution >= 0.6 is 0 Å². The van der Waals surface area contributed by atoms with Gasteiger partial charge in [-0.3, -0.25) is 9.36 Å². The molecule has 1 saturated heterocycles. The summed E-state index contributed by atoms with van der Waals surface area (Å²) in [7, 11) is -3.18. The number of imidazole rings is 1. The maximum atomic E-state index is 12.4. The van der Waals surface area contributed by atoms with Crippen LogP contribution in [0.4, 0.5) is 0 Å². The molecule has 0 spiro atoms. The summed E-state index contributed by atoms with van der Waals surface area (Å²) < 4.78 is 26.5. The van der Waals surface area contributed by atoms with Gasteiger partial charge in [-0.15, -0.1) is 0 Å². The molecule has 3 heterocycles. The van der Waals surface area contributed by atoms with Crippen molar-refractivity contribution in [2.75, 3.05) is 19.3 Å². The summed E-state index contributed by atoms with van der Waals surface area (Å²) in [5.41, 5.74) is 2.80. The molecule has 0 bridgehead atoms. The molecule has 0 atom stereocenters. The monoisotopic (exact) mass is 413 g/mol. The first-order valence-electron chi connectivity index (χ1n) is 9.52. The number of piperidine rings is 1. The molecule has 1 amide bonds. The lowest BCUT2D eigenvalue weighted by Crippen LogP contribution is -2.42. The summed E-state index contributed by atoms with van der Waals surface area (Å²) >= 11 is 0. The molecule has 9 heteroatoms. The molecule has 3 aromatic rings. The fourth-order valence-corrected chi connectivity index (χ4v) is 4.46. The summed E-state index contributed by atoms with van der Waals surface area (Å²) in [6, 6.07) is 11.7. The third-order valence-corrected chi connectivity index (χ3v) is 6.57. The highest BCUT2D eigenvalue weighted by atomic mass is 32.2. The fraction of sp³-hybridized carbons (Fsp3) is 0.350. The highest BCUT2D eigenvalue weighted by Crippen LogP contribution is 2.20. The first-order chi connectivity index (χ1) is 13.9. The van der Waals surface area contributed by atoms with Crippen LogP contribution in [0.15, 0.2) is 48.9 Å². The topological polar surface area (TPSA) is 97.2 Å². The third-order valence-electron chi connectivity index (χ3n) is 5.27.